The maximum Gasteiger partial charge on any atom is 0.270 e. The van der Waals surface area contributed by atoms with Gasteiger partial charge in [0.25, 0.3) is 11.8 Å². The molecular formula is C25H27FN4O3. The standard InChI is InChI=1S/C25H27FN4O3/c1-4-27-24(31)23-20-13-30(25(32)19(20)9-10-28-23)16(3)21-11-15(2)22(12-29-21)33-14-17-5-7-18(26)8-6-17/h5-11,16,29H,4,12-14H2,1-3H3,(H,27,31). The summed E-state index contributed by atoms with van der Waals surface area (Å²) in [5.74, 6) is 0.137. The first kappa shape index (κ1) is 22.5. The third-order valence-corrected chi connectivity index (χ3v) is 5.94. The molecule has 2 aliphatic rings. The van der Waals surface area contributed by atoms with E-state index in [0.29, 0.717) is 43.1 Å². The molecule has 1 atom stereocenters. The van der Waals surface area contributed by atoms with Crippen molar-refractivity contribution >= 4 is 11.8 Å². The van der Waals surface area contributed by atoms with E-state index in [1.54, 1.807) is 23.1 Å². The van der Waals surface area contributed by atoms with Gasteiger partial charge in [-0.25, -0.2) is 4.39 Å². The highest BCUT2D eigenvalue weighted by Gasteiger charge is 2.36. The van der Waals surface area contributed by atoms with E-state index >= 15 is 0 Å². The molecule has 8 heteroatoms. The summed E-state index contributed by atoms with van der Waals surface area (Å²) in [5.41, 5.74) is 4.23. The lowest BCUT2D eigenvalue weighted by molar-refractivity contribution is 0.0734. The van der Waals surface area contributed by atoms with Crippen LogP contribution in [0.4, 0.5) is 4.39 Å². The van der Waals surface area contributed by atoms with Crippen LogP contribution in [0.2, 0.25) is 0 Å². The number of halogens is 1. The summed E-state index contributed by atoms with van der Waals surface area (Å²) in [4.78, 5) is 31.4. The smallest absolute Gasteiger partial charge is 0.270 e. The number of hydrogen-bond donors (Lipinski definition) is 2. The number of benzene rings is 1. The molecular weight excluding hydrogens is 423 g/mol. The molecule has 1 aromatic carbocycles. The largest absolute Gasteiger partial charge is 0.491 e. The van der Waals surface area contributed by atoms with Crippen LogP contribution in [0.15, 0.2) is 59.6 Å². The second-order valence-electron chi connectivity index (χ2n) is 8.13. The van der Waals surface area contributed by atoms with Gasteiger partial charge in [-0.2, -0.15) is 0 Å². The lowest BCUT2D eigenvalue weighted by Gasteiger charge is -2.30. The van der Waals surface area contributed by atoms with Crippen LogP contribution in [0, 0.1) is 5.82 Å². The van der Waals surface area contributed by atoms with Gasteiger partial charge in [-0.3, -0.25) is 14.6 Å². The van der Waals surface area contributed by atoms with Crippen LogP contribution >= 0.6 is 0 Å². The minimum absolute atomic E-state index is 0.117. The van der Waals surface area contributed by atoms with E-state index in [1.165, 1.54) is 18.3 Å². The number of nitrogens with zero attached hydrogens (tertiary/aromatic N) is 2. The average Bonchev–Trinajstić information content (AvgIpc) is 3.15. The van der Waals surface area contributed by atoms with E-state index in [9.17, 15) is 14.0 Å². The van der Waals surface area contributed by atoms with Crippen molar-refractivity contribution in [2.45, 2.75) is 40.0 Å². The van der Waals surface area contributed by atoms with E-state index in [-0.39, 0.29) is 23.7 Å². The Morgan fingerprint density at radius 3 is 2.76 bits per heavy atom. The van der Waals surface area contributed by atoms with Crippen LogP contribution in [-0.4, -0.2) is 40.8 Å². The van der Waals surface area contributed by atoms with Gasteiger partial charge in [0.1, 0.15) is 23.9 Å². The number of aromatic nitrogens is 1. The summed E-state index contributed by atoms with van der Waals surface area (Å²) >= 11 is 0. The number of rotatable bonds is 7. The Labute approximate surface area is 192 Å². The fourth-order valence-corrected chi connectivity index (χ4v) is 4.04. The van der Waals surface area contributed by atoms with E-state index in [2.05, 4.69) is 15.6 Å². The van der Waals surface area contributed by atoms with Crippen LogP contribution in [-0.2, 0) is 17.9 Å². The first-order chi connectivity index (χ1) is 15.9. The summed E-state index contributed by atoms with van der Waals surface area (Å²) in [6.07, 6.45) is 3.48. The predicted octanol–water partition coefficient (Wildman–Crippen LogP) is 3.29. The number of dihydropyridines is 1. The van der Waals surface area contributed by atoms with E-state index in [0.717, 1.165) is 22.6 Å². The predicted molar refractivity (Wildman–Crippen MR) is 122 cm³/mol. The number of hydrogen-bond acceptors (Lipinski definition) is 5. The summed E-state index contributed by atoms with van der Waals surface area (Å²) in [6, 6.07) is 7.67. The Morgan fingerprint density at radius 1 is 1.30 bits per heavy atom. The van der Waals surface area contributed by atoms with Crippen molar-refractivity contribution in [3.63, 3.8) is 0 Å². The van der Waals surface area contributed by atoms with Gasteiger partial charge in [0, 0.05) is 36.1 Å². The Balaban J connectivity index is 1.48. The number of ether oxygens (including phenoxy) is 1. The van der Waals surface area contributed by atoms with Crippen molar-refractivity contribution in [3.05, 3.63) is 87.8 Å². The summed E-state index contributed by atoms with van der Waals surface area (Å²) in [7, 11) is 0. The first-order valence-electron chi connectivity index (χ1n) is 11.0. The molecule has 1 unspecified atom stereocenters. The maximum absolute atomic E-state index is 13.1. The second-order valence-corrected chi connectivity index (χ2v) is 8.13. The zero-order valence-electron chi connectivity index (χ0n) is 18.9. The highest BCUT2D eigenvalue weighted by molar-refractivity contribution is 6.03. The molecule has 2 N–H and O–H groups in total. The lowest BCUT2D eigenvalue weighted by Crippen LogP contribution is -2.40. The zero-order valence-corrected chi connectivity index (χ0v) is 18.9. The van der Waals surface area contributed by atoms with Gasteiger partial charge in [0.15, 0.2) is 0 Å². The van der Waals surface area contributed by atoms with E-state index in [4.69, 9.17) is 4.74 Å². The number of nitrogens with one attached hydrogen (secondary N) is 2. The van der Waals surface area contributed by atoms with Crippen molar-refractivity contribution in [1.29, 1.82) is 0 Å². The number of amides is 2. The number of carbonyl (C=O) groups excluding carboxylic acids is 2. The van der Waals surface area contributed by atoms with Crippen LogP contribution in [0.5, 0.6) is 0 Å². The average molecular weight is 451 g/mol. The quantitative estimate of drug-likeness (QED) is 0.676. The third kappa shape index (κ3) is 4.60. The fourth-order valence-electron chi connectivity index (χ4n) is 4.04. The number of pyridine rings is 1. The molecule has 1 aromatic heterocycles. The van der Waals surface area contributed by atoms with Crippen LogP contribution in [0.3, 0.4) is 0 Å². The van der Waals surface area contributed by atoms with Gasteiger partial charge in [-0.05, 0) is 56.2 Å². The van der Waals surface area contributed by atoms with Crippen molar-refractivity contribution in [2.75, 3.05) is 13.1 Å². The van der Waals surface area contributed by atoms with E-state index < -0.39 is 0 Å². The molecule has 2 amide bonds. The monoisotopic (exact) mass is 450 g/mol. The number of carbonyl (C=O) groups is 2. The molecule has 0 saturated carbocycles. The summed E-state index contributed by atoms with van der Waals surface area (Å²) in [6.45, 7) is 7.42. The van der Waals surface area contributed by atoms with Crippen molar-refractivity contribution in [3.8, 4) is 0 Å². The summed E-state index contributed by atoms with van der Waals surface area (Å²) in [5, 5.41) is 6.11. The van der Waals surface area contributed by atoms with E-state index in [1.807, 2.05) is 26.8 Å². The molecule has 0 saturated heterocycles. The van der Waals surface area contributed by atoms with Gasteiger partial charge in [-0.15, -0.1) is 0 Å². The molecule has 0 aliphatic carbocycles. The van der Waals surface area contributed by atoms with Gasteiger partial charge < -0.3 is 20.3 Å². The highest BCUT2D eigenvalue weighted by Crippen LogP contribution is 2.29. The van der Waals surface area contributed by atoms with Gasteiger partial charge in [0.05, 0.1) is 12.6 Å². The molecule has 33 heavy (non-hydrogen) atoms. The molecule has 0 radical (unpaired) electrons. The SMILES string of the molecule is CCNC(=O)c1nccc2c1CN(C(C)C1=CC(C)=C(OCc3ccc(F)cc3)CN1)C2=O. The fraction of sp³-hybridized carbons (Fsp3) is 0.320. The summed E-state index contributed by atoms with van der Waals surface area (Å²) < 4.78 is 19.0. The van der Waals surface area contributed by atoms with Crippen LogP contribution in [0.1, 0.15) is 52.7 Å². The first-order valence-corrected chi connectivity index (χ1v) is 11.0. The second kappa shape index (κ2) is 9.44. The number of fused-ring (bicyclic) bond motifs is 1. The molecule has 0 spiro atoms. The normalized spacial score (nSPS) is 16.2. The molecule has 0 fully saturated rings. The molecule has 4 rings (SSSR count). The minimum atomic E-state index is -0.275. The maximum atomic E-state index is 13.1. The van der Waals surface area contributed by atoms with Crippen molar-refractivity contribution < 1.29 is 18.7 Å². The molecule has 2 aromatic rings. The Bertz CT molecular complexity index is 1140. The van der Waals surface area contributed by atoms with Gasteiger partial charge in [0.2, 0.25) is 0 Å². The topological polar surface area (TPSA) is 83.6 Å². The third-order valence-electron chi connectivity index (χ3n) is 5.94. The van der Waals surface area contributed by atoms with Gasteiger partial charge in [-0.1, -0.05) is 12.1 Å². The van der Waals surface area contributed by atoms with Crippen molar-refractivity contribution in [1.82, 2.24) is 20.5 Å². The van der Waals surface area contributed by atoms with Crippen LogP contribution in [0.25, 0.3) is 0 Å². The van der Waals surface area contributed by atoms with Crippen LogP contribution < -0.4 is 10.6 Å². The molecule has 2 aliphatic heterocycles. The Morgan fingerprint density at radius 2 is 2.06 bits per heavy atom. The Kier molecular flexibility index (Phi) is 6.44. The molecule has 3 heterocycles. The molecule has 0 bridgehead atoms. The minimum Gasteiger partial charge on any atom is -0.491 e. The highest BCUT2D eigenvalue weighted by atomic mass is 19.1. The van der Waals surface area contributed by atoms with Gasteiger partial charge >= 0.3 is 0 Å². The Hall–Kier alpha value is -3.68. The molecule has 7 nitrogen and oxygen atoms in total. The molecule has 172 valence electrons. The number of allylic oxidation sites excluding steroid dienone is 2. The van der Waals surface area contributed by atoms with Crippen molar-refractivity contribution in [2.24, 2.45) is 0 Å². The lowest BCUT2D eigenvalue weighted by atomic mass is 10.1. The zero-order chi connectivity index (χ0) is 23.5.